The van der Waals surface area contributed by atoms with Crippen molar-refractivity contribution < 1.29 is 14.7 Å². The van der Waals surface area contributed by atoms with Crippen LogP contribution in [0.25, 0.3) is 21.3 Å². The van der Waals surface area contributed by atoms with Gasteiger partial charge in [0.05, 0.1) is 14.7 Å². The molecule has 0 aliphatic rings. The second kappa shape index (κ2) is 5.70. The van der Waals surface area contributed by atoms with E-state index in [-0.39, 0.29) is 11.5 Å². The molecule has 0 radical (unpaired) electrons. The fourth-order valence-electron chi connectivity index (χ4n) is 2.50. The normalized spacial score (nSPS) is 11.0. The number of aromatic nitrogens is 1. The van der Waals surface area contributed by atoms with Gasteiger partial charge in [0, 0.05) is 17.4 Å². The summed E-state index contributed by atoms with van der Waals surface area (Å²) in [7, 11) is 0. The van der Waals surface area contributed by atoms with E-state index < -0.39 is 5.97 Å². The molecule has 0 fully saturated rings. The van der Waals surface area contributed by atoms with Gasteiger partial charge in [-0.1, -0.05) is 24.3 Å². The van der Waals surface area contributed by atoms with Crippen LogP contribution in [0.4, 0.5) is 0 Å². The maximum atomic E-state index is 11.5. The highest BCUT2D eigenvalue weighted by Gasteiger charge is 2.21. The van der Waals surface area contributed by atoms with Gasteiger partial charge in [-0.3, -0.25) is 4.79 Å². The average molecular weight is 378 g/mol. The molecule has 0 saturated carbocycles. The predicted octanol–water partition coefficient (Wildman–Crippen LogP) is 4.49. The number of H-pyrrole nitrogens is 1. The molecule has 4 nitrogen and oxygen atoms in total. The number of aromatic carboxylic acids is 1. The highest BCUT2D eigenvalue weighted by Crippen LogP contribution is 2.40. The highest BCUT2D eigenvalue weighted by atomic mass is 79.9. The number of carboxylic acid groups (broad SMARTS) is 1. The minimum absolute atomic E-state index is 0.0775. The van der Waals surface area contributed by atoms with Gasteiger partial charge >= 0.3 is 5.97 Å². The predicted molar refractivity (Wildman–Crippen MR) is 90.7 cm³/mol. The zero-order valence-corrected chi connectivity index (χ0v) is 14.0. The summed E-state index contributed by atoms with van der Waals surface area (Å²) in [6, 6.07) is 7.47. The van der Waals surface area contributed by atoms with Gasteiger partial charge in [-0.2, -0.15) is 0 Å². The van der Waals surface area contributed by atoms with Crippen LogP contribution >= 0.6 is 27.3 Å². The molecule has 0 saturated heterocycles. The molecule has 3 aromatic rings. The Labute approximate surface area is 138 Å². The molecule has 2 aromatic heterocycles. The second-order valence-electron chi connectivity index (χ2n) is 5.05. The Balaban J connectivity index is 2.22. The Hall–Kier alpha value is -1.92. The van der Waals surface area contributed by atoms with Crippen LogP contribution in [0.3, 0.4) is 0 Å². The third-order valence-electron chi connectivity index (χ3n) is 3.36. The Morgan fingerprint density at radius 1 is 1.36 bits per heavy atom. The Morgan fingerprint density at radius 3 is 2.82 bits per heavy atom. The summed E-state index contributed by atoms with van der Waals surface area (Å²) in [4.78, 5) is 25.8. The van der Waals surface area contributed by atoms with Gasteiger partial charge in [-0.15, -0.1) is 11.3 Å². The number of benzene rings is 1. The van der Waals surface area contributed by atoms with E-state index in [1.807, 2.05) is 29.6 Å². The lowest BCUT2D eigenvalue weighted by atomic mass is 10.0. The highest BCUT2D eigenvalue weighted by molar-refractivity contribution is 9.10. The number of aromatic amines is 1. The van der Waals surface area contributed by atoms with Gasteiger partial charge in [0.1, 0.15) is 11.5 Å². The lowest BCUT2D eigenvalue weighted by molar-refractivity contribution is -0.116. The fraction of sp³-hybridized carbons (Fsp3) is 0.125. The van der Waals surface area contributed by atoms with E-state index >= 15 is 0 Å². The van der Waals surface area contributed by atoms with Gasteiger partial charge in [0.15, 0.2) is 0 Å². The first-order chi connectivity index (χ1) is 10.5. The van der Waals surface area contributed by atoms with Gasteiger partial charge in [-0.25, -0.2) is 4.79 Å². The molecule has 6 heteroatoms. The van der Waals surface area contributed by atoms with Crippen LogP contribution in [0, 0.1) is 0 Å². The van der Waals surface area contributed by atoms with Crippen molar-refractivity contribution in [2.24, 2.45) is 0 Å². The number of nitrogens with one attached hydrogen (secondary N) is 1. The lowest BCUT2D eigenvalue weighted by Crippen LogP contribution is -2.00. The zero-order chi connectivity index (χ0) is 15.9. The third kappa shape index (κ3) is 2.60. The zero-order valence-electron chi connectivity index (χ0n) is 11.6. The van der Waals surface area contributed by atoms with E-state index in [1.165, 1.54) is 11.3 Å². The van der Waals surface area contributed by atoms with Crippen molar-refractivity contribution in [3.63, 3.8) is 0 Å². The van der Waals surface area contributed by atoms with Crippen molar-refractivity contribution in [2.75, 3.05) is 0 Å². The number of carbonyl (C=O) groups excluding carboxylic acids is 1. The number of hydrogen-bond donors (Lipinski definition) is 2. The van der Waals surface area contributed by atoms with Crippen LogP contribution in [0.15, 0.2) is 34.1 Å². The summed E-state index contributed by atoms with van der Waals surface area (Å²) in [5, 5.41) is 11.4. The number of fused-ring (bicyclic) bond motifs is 1. The first-order valence-electron chi connectivity index (χ1n) is 6.58. The molecule has 3 rings (SSSR count). The number of halogens is 1. The quantitative estimate of drug-likeness (QED) is 0.703. The van der Waals surface area contributed by atoms with Crippen LogP contribution in [0.5, 0.6) is 0 Å². The number of ketones is 1. The minimum Gasteiger partial charge on any atom is -0.477 e. The summed E-state index contributed by atoms with van der Waals surface area (Å²) >= 11 is 4.91. The number of thiophene rings is 1. The summed E-state index contributed by atoms with van der Waals surface area (Å²) in [5.74, 6) is -0.920. The Morgan fingerprint density at radius 2 is 2.14 bits per heavy atom. The molecule has 0 aliphatic carbocycles. The van der Waals surface area contributed by atoms with Gasteiger partial charge < -0.3 is 10.1 Å². The Kier molecular flexibility index (Phi) is 3.88. The Bertz CT molecular complexity index is 894. The summed E-state index contributed by atoms with van der Waals surface area (Å²) in [6.07, 6.45) is 0.345. The summed E-state index contributed by atoms with van der Waals surface area (Å²) in [6.45, 7) is 1.54. The second-order valence-corrected chi connectivity index (χ2v) is 6.78. The van der Waals surface area contributed by atoms with Crippen molar-refractivity contribution in [3.05, 3.63) is 45.4 Å². The lowest BCUT2D eigenvalue weighted by Gasteiger charge is -2.04. The third-order valence-corrected chi connectivity index (χ3v) is 5.28. The molecule has 1 aromatic carbocycles. The van der Waals surface area contributed by atoms with E-state index in [0.29, 0.717) is 12.0 Å². The van der Waals surface area contributed by atoms with E-state index in [4.69, 9.17) is 0 Å². The molecule has 0 spiro atoms. The van der Waals surface area contributed by atoms with Crippen molar-refractivity contribution in [1.82, 2.24) is 4.98 Å². The summed E-state index contributed by atoms with van der Waals surface area (Å²) < 4.78 is 1.74. The van der Waals surface area contributed by atoms with E-state index in [1.54, 1.807) is 6.92 Å². The van der Waals surface area contributed by atoms with Gasteiger partial charge in [0.25, 0.3) is 0 Å². The molecular weight excluding hydrogens is 366 g/mol. The maximum absolute atomic E-state index is 11.5. The van der Waals surface area contributed by atoms with Crippen molar-refractivity contribution in [1.29, 1.82) is 0 Å². The van der Waals surface area contributed by atoms with Crippen LogP contribution in [0.1, 0.15) is 23.0 Å². The molecule has 0 bridgehead atoms. The number of carboxylic acids is 1. The van der Waals surface area contributed by atoms with Crippen LogP contribution in [0.2, 0.25) is 0 Å². The number of Topliss-reactive ketones (excluding diaryl/α,β-unsaturated/α-hetero) is 1. The monoisotopic (exact) mass is 377 g/mol. The number of hydrogen-bond acceptors (Lipinski definition) is 3. The van der Waals surface area contributed by atoms with Crippen molar-refractivity contribution in [2.45, 2.75) is 13.3 Å². The van der Waals surface area contributed by atoms with Crippen LogP contribution < -0.4 is 0 Å². The van der Waals surface area contributed by atoms with Crippen molar-refractivity contribution in [3.8, 4) is 11.1 Å². The first-order valence-corrected chi connectivity index (χ1v) is 8.25. The molecule has 2 heterocycles. The molecule has 2 N–H and O–H groups in total. The number of carbonyl (C=O) groups is 2. The molecular formula is C16H12BrNO3S. The largest absolute Gasteiger partial charge is 0.477 e. The molecule has 22 heavy (non-hydrogen) atoms. The molecule has 112 valence electrons. The standard InChI is InChI=1S/C16H12BrNO3S/c1-8(19)5-9-3-2-4-10(6-9)12-14(16(20)21)18-13-11(17)7-22-15(12)13/h2-4,6-7,18H,5H2,1H3,(H,20,21). The molecule has 0 atom stereocenters. The van der Waals surface area contributed by atoms with Crippen LogP contribution in [-0.4, -0.2) is 21.8 Å². The molecule has 0 unspecified atom stereocenters. The summed E-state index contributed by atoms with van der Waals surface area (Å²) in [5.41, 5.74) is 3.31. The van der Waals surface area contributed by atoms with Crippen molar-refractivity contribution >= 4 is 49.2 Å². The molecule has 0 aliphatic heterocycles. The maximum Gasteiger partial charge on any atom is 0.353 e. The molecule has 0 amide bonds. The fourth-order valence-corrected chi connectivity index (χ4v) is 4.16. The van der Waals surface area contributed by atoms with E-state index in [0.717, 1.165) is 25.8 Å². The first kappa shape index (κ1) is 15.0. The van der Waals surface area contributed by atoms with Gasteiger partial charge in [0.2, 0.25) is 0 Å². The topological polar surface area (TPSA) is 70.2 Å². The average Bonchev–Trinajstić information content (AvgIpc) is 2.99. The van der Waals surface area contributed by atoms with Crippen LogP contribution in [-0.2, 0) is 11.2 Å². The smallest absolute Gasteiger partial charge is 0.353 e. The SMILES string of the molecule is CC(=O)Cc1cccc(-c2c(C(=O)O)[nH]c3c(Br)csc23)c1. The number of rotatable bonds is 4. The van der Waals surface area contributed by atoms with E-state index in [9.17, 15) is 14.7 Å². The van der Waals surface area contributed by atoms with Gasteiger partial charge in [-0.05, 0) is 34.0 Å². The minimum atomic E-state index is -0.998. The van der Waals surface area contributed by atoms with E-state index in [2.05, 4.69) is 20.9 Å².